The maximum absolute atomic E-state index is 12.3. The van der Waals surface area contributed by atoms with E-state index in [9.17, 15) is 14.7 Å². The molecule has 8 heteroatoms. The molecule has 0 aliphatic rings. The van der Waals surface area contributed by atoms with Crippen LogP contribution in [0.25, 0.3) is 10.9 Å². The number of unbranched alkanes of at least 4 members (excludes halogenated alkanes) is 2. The van der Waals surface area contributed by atoms with E-state index in [1.165, 1.54) is 0 Å². The van der Waals surface area contributed by atoms with E-state index in [1.54, 1.807) is 29.9 Å². The summed E-state index contributed by atoms with van der Waals surface area (Å²) in [5.41, 5.74) is 1.73. The monoisotopic (exact) mass is 478 g/mol. The predicted molar refractivity (Wildman–Crippen MR) is 136 cm³/mol. The fraction of sp³-hybridized carbons (Fsp3) is 0.407. The number of carbonyl (C=O) groups excluding carboxylic acids is 2. The van der Waals surface area contributed by atoms with Crippen molar-refractivity contribution in [2.45, 2.75) is 52.5 Å². The van der Waals surface area contributed by atoms with Gasteiger partial charge in [-0.15, -0.1) is 10.2 Å². The van der Waals surface area contributed by atoms with E-state index in [0.717, 1.165) is 24.8 Å². The van der Waals surface area contributed by atoms with Gasteiger partial charge >= 0.3 is 0 Å². The second-order valence-corrected chi connectivity index (χ2v) is 8.92. The Kier molecular flexibility index (Phi) is 9.40. The second-order valence-electron chi connectivity index (χ2n) is 8.92. The standard InChI is InChI=1S/C27H34N4O4/c1-19(2)15-17-31-23-14-13-21(35-3)18-22(23)25(27(31)34)30-29-24(32)12-8-5-9-16-28-26(33)20-10-6-4-7-11-20/h4,6-7,10-11,13-14,18-19,34H,5,8-9,12,15-17H2,1-3H3,(H,28,33). The molecule has 0 spiro atoms. The topological polar surface area (TPSA) is 105 Å². The number of ether oxygens (including phenoxy) is 1. The zero-order chi connectivity index (χ0) is 25.2. The minimum Gasteiger partial charge on any atom is -0.497 e. The molecule has 8 nitrogen and oxygen atoms in total. The second kappa shape index (κ2) is 12.7. The van der Waals surface area contributed by atoms with Crippen LogP contribution in [0.4, 0.5) is 5.69 Å². The van der Waals surface area contributed by atoms with Gasteiger partial charge in [-0.2, -0.15) is 0 Å². The number of rotatable bonds is 12. The molecule has 0 fully saturated rings. The van der Waals surface area contributed by atoms with E-state index >= 15 is 0 Å². The lowest BCUT2D eigenvalue weighted by Gasteiger charge is -2.09. The molecule has 0 aliphatic carbocycles. The van der Waals surface area contributed by atoms with E-state index in [1.807, 2.05) is 30.3 Å². The number of fused-ring (bicyclic) bond motifs is 1. The van der Waals surface area contributed by atoms with Crippen LogP contribution in [0, 0.1) is 5.92 Å². The average Bonchev–Trinajstić information content (AvgIpc) is 3.13. The maximum atomic E-state index is 12.3. The molecular formula is C27H34N4O4. The van der Waals surface area contributed by atoms with Crippen molar-refractivity contribution in [3.8, 4) is 11.6 Å². The molecule has 0 aliphatic heterocycles. The van der Waals surface area contributed by atoms with Crippen molar-refractivity contribution in [2.75, 3.05) is 13.7 Å². The SMILES string of the molecule is COc1ccc2c(c1)c(N=NC(=O)CCCCCNC(=O)c1ccccc1)c(O)n2CCC(C)C. The fourth-order valence-electron chi connectivity index (χ4n) is 3.77. The Morgan fingerprint density at radius 1 is 1.09 bits per heavy atom. The molecule has 2 amide bonds. The molecule has 0 saturated carbocycles. The molecule has 1 aromatic heterocycles. The van der Waals surface area contributed by atoms with Gasteiger partial charge in [0.25, 0.3) is 11.8 Å². The number of aromatic hydroxyl groups is 1. The lowest BCUT2D eigenvalue weighted by Crippen LogP contribution is -2.24. The summed E-state index contributed by atoms with van der Waals surface area (Å²) in [6, 6.07) is 14.6. The number of azo groups is 1. The summed E-state index contributed by atoms with van der Waals surface area (Å²) in [4.78, 5) is 24.3. The molecule has 186 valence electrons. The summed E-state index contributed by atoms with van der Waals surface area (Å²) in [6.07, 6.45) is 3.35. The number of hydrogen-bond donors (Lipinski definition) is 2. The molecule has 0 radical (unpaired) electrons. The number of methoxy groups -OCH3 is 1. The molecular weight excluding hydrogens is 444 g/mol. The first kappa shape index (κ1) is 25.9. The molecule has 35 heavy (non-hydrogen) atoms. The highest BCUT2D eigenvalue weighted by Crippen LogP contribution is 2.40. The van der Waals surface area contributed by atoms with Gasteiger partial charge in [0.15, 0.2) is 5.69 Å². The Balaban J connectivity index is 1.54. The summed E-state index contributed by atoms with van der Waals surface area (Å²) in [6.45, 7) is 5.44. The third-order valence-corrected chi connectivity index (χ3v) is 5.80. The van der Waals surface area contributed by atoms with Gasteiger partial charge in [0.2, 0.25) is 5.88 Å². The average molecular weight is 479 g/mol. The number of nitrogens with zero attached hydrogens (tertiary/aromatic N) is 3. The number of carbonyl (C=O) groups is 2. The largest absolute Gasteiger partial charge is 0.497 e. The van der Waals surface area contributed by atoms with Crippen molar-refractivity contribution in [2.24, 2.45) is 16.1 Å². The van der Waals surface area contributed by atoms with Crippen molar-refractivity contribution in [3.63, 3.8) is 0 Å². The van der Waals surface area contributed by atoms with Crippen molar-refractivity contribution in [1.82, 2.24) is 9.88 Å². The molecule has 2 aromatic carbocycles. The lowest BCUT2D eigenvalue weighted by molar-refractivity contribution is -0.118. The minimum atomic E-state index is -0.344. The van der Waals surface area contributed by atoms with Crippen LogP contribution < -0.4 is 10.1 Å². The molecule has 0 bridgehead atoms. The number of nitrogens with one attached hydrogen (secondary N) is 1. The molecule has 3 aromatic rings. The van der Waals surface area contributed by atoms with Crippen LogP contribution >= 0.6 is 0 Å². The molecule has 0 unspecified atom stereocenters. The van der Waals surface area contributed by atoms with Crippen LogP contribution in [0.2, 0.25) is 0 Å². The van der Waals surface area contributed by atoms with E-state index < -0.39 is 0 Å². The van der Waals surface area contributed by atoms with Crippen molar-refractivity contribution in [1.29, 1.82) is 0 Å². The van der Waals surface area contributed by atoms with Gasteiger partial charge in [0.05, 0.1) is 12.6 Å². The van der Waals surface area contributed by atoms with Crippen LogP contribution in [0.5, 0.6) is 11.6 Å². The zero-order valence-electron chi connectivity index (χ0n) is 20.7. The number of benzene rings is 2. The van der Waals surface area contributed by atoms with Crippen LogP contribution in [-0.4, -0.2) is 35.1 Å². The maximum Gasteiger partial charge on any atom is 0.264 e. The number of aryl methyl sites for hydroxylation is 1. The van der Waals surface area contributed by atoms with E-state index in [4.69, 9.17) is 4.74 Å². The molecule has 1 heterocycles. The Labute approximate surface area is 206 Å². The van der Waals surface area contributed by atoms with Gasteiger partial charge in [-0.1, -0.05) is 38.5 Å². The summed E-state index contributed by atoms with van der Waals surface area (Å²) in [5.74, 6) is 0.673. The van der Waals surface area contributed by atoms with Crippen LogP contribution in [0.15, 0.2) is 58.8 Å². The van der Waals surface area contributed by atoms with E-state index in [0.29, 0.717) is 42.1 Å². The first-order valence-corrected chi connectivity index (χ1v) is 12.1. The van der Waals surface area contributed by atoms with Gasteiger partial charge in [-0.05, 0) is 55.5 Å². The van der Waals surface area contributed by atoms with Crippen LogP contribution in [-0.2, 0) is 11.3 Å². The minimum absolute atomic E-state index is 0.000360. The molecule has 3 rings (SSSR count). The van der Waals surface area contributed by atoms with Gasteiger partial charge in [-0.3, -0.25) is 9.59 Å². The van der Waals surface area contributed by atoms with Gasteiger partial charge in [0, 0.05) is 30.5 Å². The first-order chi connectivity index (χ1) is 16.9. The van der Waals surface area contributed by atoms with Crippen molar-refractivity contribution < 1.29 is 19.4 Å². The van der Waals surface area contributed by atoms with E-state index in [-0.39, 0.29) is 29.8 Å². The Bertz CT molecular complexity index is 1170. The summed E-state index contributed by atoms with van der Waals surface area (Å²) in [7, 11) is 1.58. The van der Waals surface area contributed by atoms with Crippen molar-refractivity contribution in [3.05, 3.63) is 54.1 Å². The highest BCUT2D eigenvalue weighted by Gasteiger charge is 2.18. The summed E-state index contributed by atoms with van der Waals surface area (Å²) < 4.78 is 7.12. The summed E-state index contributed by atoms with van der Waals surface area (Å²) in [5, 5.41) is 22.4. The molecule has 0 saturated heterocycles. The Morgan fingerprint density at radius 3 is 2.57 bits per heavy atom. The Morgan fingerprint density at radius 2 is 1.86 bits per heavy atom. The van der Waals surface area contributed by atoms with E-state index in [2.05, 4.69) is 29.4 Å². The van der Waals surface area contributed by atoms with Crippen LogP contribution in [0.3, 0.4) is 0 Å². The molecule has 2 N–H and O–H groups in total. The zero-order valence-corrected chi connectivity index (χ0v) is 20.7. The smallest absolute Gasteiger partial charge is 0.264 e. The third-order valence-electron chi connectivity index (χ3n) is 5.80. The fourth-order valence-corrected chi connectivity index (χ4v) is 3.77. The predicted octanol–water partition coefficient (Wildman–Crippen LogP) is 6.00. The lowest BCUT2D eigenvalue weighted by atomic mass is 10.1. The van der Waals surface area contributed by atoms with Crippen molar-refractivity contribution >= 4 is 28.4 Å². The third kappa shape index (κ3) is 7.15. The number of hydrogen-bond acceptors (Lipinski definition) is 5. The van der Waals surface area contributed by atoms with Gasteiger partial charge in [-0.25, -0.2) is 0 Å². The number of amides is 2. The molecule has 0 atom stereocenters. The Hall–Kier alpha value is -3.68. The van der Waals surface area contributed by atoms with Gasteiger partial charge in [0.1, 0.15) is 5.75 Å². The summed E-state index contributed by atoms with van der Waals surface area (Å²) >= 11 is 0. The normalized spacial score (nSPS) is 11.4. The van der Waals surface area contributed by atoms with Gasteiger partial charge < -0.3 is 19.7 Å². The number of aromatic nitrogens is 1. The van der Waals surface area contributed by atoms with Crippen LogP contribution in [0.1, 0.15) is 56.3 Å². The highest BCUT2D eigenvalue weighted by atomic mass is 16.5. The quantitative estimate of drug-likeness (QED) is 0.246. The first-order valence-electron chi connectivity index (χ1n) is 12.1. The highest BCUT2D eigenvalue weighted by molar-refractivity contribution is 5.96.